The topological polar surface area (TPSA) is 91.3 Å². The van der Waals surface area contributed by atoms with Crippen LogP contribution < -0.4 is 10.6 Å². The molecule has 41 heavy (non-hydrogen) atoms. The molecule has 1 aromatic heterocycles. The largest absolute Gasteiger partial charge is 0.490 e. The van der Waals surface area contributed by atoms with Crippen LogP contribution in [0.5, 0.6) is 0 Å². The number of amides is 2. The first-order chi connectivity index (χ1) is 18.7. The molecule has 18 heteroatoms. The van der Waals surface area contributed by atoms with Crippen molar-refractivity contribution < 1.29 is 58.6 Å². The number of alkyl halides is 9. The van der Waals surface area contributed by atoms with E-state index in [1.54, 1.807) is 0 Å². The number of anilines is 1. The van der Waals surface area contributed by atoms with Gasteiger partial charge in [0, 0.05) is 15.1 Å². The number of halogens is 12. The monoisotopic (exact) mass is 727 g/mol. The number of carbonyl (C=O) groups excluding carboxylic acids is 1. The lowest BCUT2D eigenvalue weighted by Crippen LogP contribution is -2.35. The maximum Gasteiger partial charge on any atom is 0.490 e. The summed E-state index contributed by atoms with van der Waals surface area (Å²) in [5.41, 5.74) is -2.83. The Morgan fingerprint density at radius 3 is 1.80 bits per heavy atom. The first-order valence-corrected chi connectivity index (χ1v) is 12.0. The van der Waals surface area contributed by atoms with Crippen molar-refractivity contribution in [3.63, 3.8) is 0 Å². The molecule has 2 amide bonds. The van der Waals surface area contributed by atoms with Gasteiger partial charge >= 0.3 is 30.5 Å². The maximum absolute atomic E-state index is 13.6. The molecule has 0 aliphatic carbocycles. The second-order valence-electron chi connectivity index (χ2n) is 7.63. The van der Waals surface area contributed by atoms with Gasteiger partial charge in [-0.2, -0.15) is 39.5 Å². The molecule has 0 spiro atoms. The van der Waals surface area contributed by atoms with Crippen molar-refractivity contribution in [1.29, 1.82) is 0 Å². The molecule has 6 nitrogen and oxygen atoms in total. The van der Waals surface area contributed by atoms with Gasteiger partial charge in [0.15, 0.2) is 0 Å². The number of carbonyl (C=O) groups is 2. The summed E-state index contributed by atoms with van der Waals surface area (Å²) in [4.78, 5) is 25.3. The van der Waals surface area contributed by atoms with Crippen molar-refractivity contribution in [2.24, 2.45) is 0 Å². The Morgan fingerprint density at radius 1 is 0.854 bits per heavy atom. The Balaban J connectivity index is 0.000000745. The van der Waals surface area contributed by atoms with Crippen LogP contribution in [0.15, 0.2) is 63.7 Å². The van der Waals surface area contributed by atoms with Crippen molar-refractivity contribution >= 4 is 49.5 Å². The number of carboxylic acid groups (broad SMARTS) is 1. The van der Waals surface area contributed by atoms with Crippen LogP contribution in [-0.2, 0) is 17.1 Å². The van der Waals surface area contributed by atoms with Gasteiger partial charge in [-0.05, 0) is 73.8 Å². The molecule has 0 saturated carbocycles. The lowest BCUT2D eigenvalue weighted by atomic mass is 9.98. The van der Waals surface area contributed by atoms with Crippen molar-refractivity contribution in [3.8, 4) is 0 Å². The summed E-state index contributed by atoms with van der Waals surface area (Å²) < 4.78 is 125. The van der Waals surface area contributed by atoms with Gasteiger partial charge in [0.1, 0.15) is 5.82 Å². The molecule has 0 unspecified atom stereocenters. The van der Waals surface area contributed by atoms with E-state index in [0.717, 1.165) is 42.6 Å². The highest BCUT2D eigenvalue weighted by atomic mass is 79.9. The molecule has 0 radical (unpaired) electrons. The fourth-order valence-electron chi connectivity index (χ4n) is 3.00. The van der Waals surface area contributed by atoms with Crippen LogP contribution in [0, 0.1) is 5.82 Å². The van der Waals surface area contributed by atoms with Crippen LogP contribution in [0.25, 0.3) is 0 Å². The highest BCUT2D eigenvalue weighted by molar-refractivity contribution is 9.11. The Kier molecular flexibility index (Phi) is 10.8. The summed E-state index contributed by atoms with van der Waals surface area (Å²) in [6.07, 6.45) is -13.5. The van der Waals surface area contributed by atoms with Crippen LogP contribution in [-0.4, -0.2) is 28.3 Å². The van der Waals surface area contributed by atoms with Crippen molar-refractivity contribution in [3.05, 3.63) is 91.9 Å². The Labute approximate surface area is 240 Å². The van der Waals surface area contributed by atoms with Crippen LogP contribution in [0.1, 0.15) is 28.4 Å². The van der Waals surface area contributed by atoms with Gasteiger partial charge in [0.05, 0.1) is 28.6 Å². The van der Waals surface area contributed by atoms with Gasteiger partial charge in [-0.15, -0.1) is 0 Å². The van der Waals surface area contributed by atoms with E-state index in [1.165, 1.54) is 0 Å². The van der Waals surface area contributed by atoms with E-state index in [2.05, 4.69) is 47.5 Å². The summed E-state index contributed by atoms with van der Waals surface area (Å²) in [5.74, 6) is -3.39. The Bertz CT molecular complexity index is 1370. The predicted octanol–water partition coefficient (Wildman–Crippen LogP) is 8.33. The molecular formula is C23H13Br2F10N3O3. The van der Waals surface area contributed by atoms with Crippen molar-refractivity contribution in [2.75, 3.05) is 5.32 Å². The van der Waals surface area contributed by atoms with E-state index in [0.29, 0.717) is 12.1 Å². The zero-order chi connectivity index (χ0) is 31.3. The summed E-state index contributed by atoms with van der Waals surface area (Å²) in [7, 11) is 0. The smallest absolute Gasteiger partial charge is 0.475 e. The van der Waals surface area contributed by atoms with Crippen LogP contribution in [0.4, 0.5) is 54.4 Å². The van der Waals surface area contributed by atoms with Gasteiger partial charge in [-0.25, -0.2) is 14.0 Å². The molecular weight excluding hydrogens is 716 g/mol. The molecule has 0 saturated heterocycles. The summed E-state index contributed by atoms with van der Waals surface area (Å²) in [6.45, 7) is 0. The van der Waals surface area contributed by atoms with E-state index in [4.69, 9.17) is 9.90 Å². The number of urea groups is 1. The highest BCUT2D eigenvalue weighted by Crippen LogP contribution is 2.37. The minimum Gasteiger partial charge on any atom is -0.475 e. The SMILES string of the molecule is O=C(Nc1c(Br)cc(F)cc1Br)N[C@@H](c1ccc(C(F)(F)F)cc1)c1ncccc1C(F)(F)F.O=C(O)C(F)(F)F. The lowest BCUT2D eigenvalue weighted by Gasteiger charge is -2.23. The van der Waals surface area contributed by atoms with Crippen molar-refractivity contribution in [2.45, 2.75) is 24.6 Å². The van der Waals surface area contributed by atoms with Gasteiger partial charge in [0.2, 0.25) is 0 Å². The number of aliphatic carboxylic acids is 1. The zero-order valence-electron chi connectivity index (χ0n) is 19.5. The second-order valence-corrected chi connectivity index (χ2v) is 9.34. The predicted molar refractivity (Wildman–Crippen MR) is 130 cm³/mol. The molecule has 0 aliphatic rings. The minimum absolute atomic E-state index is 0.0714. The molecule has 1 atom stereocenters. The quantitative estimate of drug-likeness (QED) is 0.236. The van der Waals surface area contributed by atoms with E-state index in [1.807, 2.05) is 0 Å². The van der Waals surface area contributed by atoms with E-state index >= 15 is 0 Å². The molecule has 1 heterocycles. The summed E-state index contributed by atoms with van der Waals surface area (Å²) in [6, 6.07) is 4.57. The van der Waals surface area contributed by atoms with Gasteiger partial charge in [0.25, 0.3) is 0 Å². The van der Waals surface area contributed by atoms with Gasteiger partial charge in [-0.3, -0.25) is 4.98 Å². The third-order valence-electron chi connectivity index (χ3n) is 4.75. The van der Waals surface area contributed by atoms with Gasteiger partial charge < -0.3 is 15.7 Å². The third kappa shape index (κ3) is 9.58. The Morgan fingerprint density at radius 2 is 1.37 bits per heavy atom. The number of nitrogens with zero attached hydrogens (tertiary/aromatic N) is 1. The number of pyridine rings is 1. The number of benzene rings is 2. The average molecular weight is 729 g/mol. The number of aromatic nitrogens is 1. The fourth-order valence-corrected chi connectivity index (χ4v) is 4.33. The van der Waals surface area contributed by atoms with E-state index < -0.39 is 59.2 Å². The summed E-state index contributed by atoms with van der Waals surface area (Å²) in [5, 5.41) is 11.8. The molecule has 0 fully saturated rings. The fraction of sp³-hybridized carbons (Fsp3) is 0.174. The second kappa shape index (κ2) is 13.1. The van der Waals surface area contributed by atoms with Crippen molar-refractivity contribution in [1.82, 2.24) is 10.3 Å². The lowest BCUT2D eigenvalue weighted by molar-refractivity contribution is -0.192. The summed E-state index contributed by atoms with van der Waals surface area (Å²) >= 11 is 6.13. The van der Waals surface area contributed by atoms with Gasteiger partial charge in [-0.1, -0.05) is 12.1 Å². The molecule has 2 aromatic carbocycles. The number of hydrogen-bond acceptors (Lipinski definition) is 3. The minimum atomic E-state index is -5.08. The average Bonchev–Trinajstić information content (AvgIpc) is 2.83. The highest BCUT2D eigenvalue weighted by Gasteiger charge is 2.39. The molecule has 222 valence electrons. The van der Waals surface area contributed by atoms with E-state index in [9.17, 15) is 48.7 Å². The van der Waals surface area contributed by atoms with Crippen LogP contribution in [0.2, 0.25) is 0 Å². The Hall–Kier alpha value is -3.41. The molecule has 3 aromatic rings. The number of hydrogen-bond donors (Lipinski definition) is 3. The number of nitrogens with one attached hydrogen (secondary N) is 2. The standard InChI is InChI=1S/C21H12Br2F7N3O.C2HF3O2/c22-14-8-12(24)9-15(23)18(14)33-19(34)32-16(10-3-5-11(6-4-10)20(25,26)27)17-13(21(28,29)30)2-1-7-31-17;3-2(4,5)1(6)7/h1-9,16H,(H2,32,33,34);(H,6,7)/t16-;/m0./s1. The molecule has 3 N–H and O–H groups in total. The normalized spacial score (nSPS) is 12.6. The van der Waals surface area contributed by atoms with Crippen LogP contribution >= 0.6 is 31.9 Å². The number of carboxylic acids is 1. The van der Waals surface area contributed by atoms with E-state index in [-0.39, 0.29) is 20.2 Å². The molecule has 0 aliphatic heterocycles. The third-order valence-corrected chi connectivity index (χ3v) is 6.00. The zero-order valence-corrected chi connectivity index (χ0v) is 22.7. The molecule has 3 rings (SSSR count). The first-order valence-electron chi connectivity index (χ1n) is 10.4. The number of rotatable bonds is 4. The maximum atomic E-state index is 13.6. The first kappa shape index (κ1) is 33.8. The molecule has 0 bridgehead atoms. The van der Waals surface area contributed by atoms with Crippen LogP contribution in [0.3, 0.4) is 0 Å².